The first-order valence-electron chi connectivity index (χ1n) is 3.74. The predicted molar refractivity (Wildman–Crippen MR) is 52.2 cm³/mol. The summed E-state index contributed by atoms with van der Waals surface area (Å²) in [5.41, 5.74) is 0.537. The molecule has 0 unspecified atom stereocenters. The van der Waals surface area contributed by atoms with Crippen molar-refractivity contribution in [2.24, 2.45) is 0 Å². The van der Waals surface area contributed by atoms with Gasteiger partial charge in [0.15, 0.2) is 0 Å². The Morgan fingerprint density at radius 2 is 2.00 bits per heavy atom. The van der Waals surface area contributed by atoms with E-state index in [-0.39, 0.29) is 12.2 Å². The largest absolute Gasteiger partial charge is 0.508 e. The number of Topliss-reactive ketones (excluding diaryl/α,β-unsaturated/α-hetero) is 1. The summed E-state index contributed by atoms with van der Waals surface area (Å²) in [6.45, 7) is 0. The van der Waals surface area contributed by atoms with Crippen LogP contribution in [0, 0.1) is 0 Å². The molecule has 1 rings (SSSR count). The molecule has 0 amide bonds. The number of halogens is 1. The zero-order valence-electron chi connectivity index (χ0n) is 7.03. The van der Waals surface area contributed by atoms with Gasteiger partial charge in [0.2, 0.25) is 5.78 Å². The second-order valence-electron chi connectivity index (χ2n) is 2.68. The number of hydrogen-bond donors (Lipinski definition) is 2. The normalized spacial score (nSPS) is 9.79. The Kier molecular flexibility index (Phi) is 3.24. The maximum absolute atomic E-state index is 10.9. The molecule has 0 heterocycles. The van der Waals surface area contributed by atoms with E-state index >= 15 is 0 Å². The molecule has 4 nitrogen and oxygen atoms in total. The third-order valence-corrected chi connectivity index (χ3v) is 2.36. The summed E-state index contributed by atoms with van der Waals surface area (Å²) in [4.78, 5) is 21.1. The van der Waals surface area contributed by atoms with Gasteiger partial charge in [-0.05, 0) is 17.7 Å². The second kappa shape index (κ2) is 4.23. The highest BCUT2D eigenvalue weighted by Crippen LogP contribution is 2.22. The highest BCUT2D eigenvalue weighted by atomic mass is 79.9. The second-order valence-corrected chi connectivity index (χ2v) is 3.54. The maximum Gasteiger partial charge on any atom is 0.372 e. The molecule has 0 aliphatic rings. The molecule has 0 radical (unpaired) electrons. The molecule has 0 saturated carbocycles. The van der Waals surface area contributed by atoms with Gasteiger partial charge in [-0.15, -0.1) is 0 Å². The molecule has 5 heteroatoms. The molecular formula is C9H7BrO4. The summed E-state index contributed by atoms with van der Waals surface area (Å²) in [5.74, 6) is -2.27. The van der Waals surface area contributed by atoms with Crippen LogP contribution in [0.4, 0.5) is 0 Å². The molecule has 0 bridgehead atoms. The van der Waals surface area contributed by atoms with Gasteiger partial charge in [-0.2, -0.15) is 0 Å². The van der Waals surface area contributed by atoms with E-state index in [0.29, 0.717) is 10.0 Å². The van der Waals surface area contributed by atoms with E-state index in [1.54, 1.807) is 0 Å². The van der Waals surface area contributed by atoms with Crippen molar-refractivity contribution in [2.45, 2.75) is 6.42 Å². The quantitative estimate of drug-likeness (QED) is 0.803. The lowest BCUT2D eigenvalue weighted by molar-refractivity contribution is -0.148. The average Bonchev–Trinajstić information content (AvgIpc) is 2.09. The van der Waals surface area contributed by atoms with E-state index in [1.165, 1.54) is 18.2 Å². The minimum Gasteiger partial charge on any atom is -0.508 e. The van der Waals surface area contributed by atoms with Crippen molar-refractivity contribution in [1.29, 1.82) is 0 Å². The first-order chi connectivity index (χ1) is 6.50. The van der Waals surface area contributed by atoms with Crippen LogP contribution in [0.3, 0.4) is 0 Å². The Morgan fingerprint density at radius 3 is 2.50 bits per heavy atom. The molecule has 0 saturated heterocycles. The number of carboxylic acids is 1. The summed E-state index contributed by atoms with van der Waals surface area (Å²) in [7, 11) is 0. The van der Waals surface area contributed by atoms with E-state index in [9.17, 15) is 9.59 Å². The van der Waals surface area contributed by atoms with Gasteiger partial charge in [0, 0.05) is 10.9 Å². The Balaban J connectivity index is 2.87. The summed E-state index contributed by atoms with van der Waals surface area (Å²) in [6.07, 6.45) is -0.184. The fourth-order valence-corrected chi connectivity index (χ4v) is 1.44. The van der Waals surface area contributed by atoms with E-state index in [4.69, 9.17) is 10.2 Å². The van der Waals surface area contributed by atoms with Crippen LogP contribution in [-0.4, -0.2) is 22.0 Å². The zero-order valence-corrected chi connectivity index (χ0v) is 8.61. The van der Waals surface area contributed by atoms with Crippen LogP contribution < -0.4 is 0 Å². The standard InChI is InChI=1S/C9H7BrO4/c10-7-4-6(11)2-1-5(7)3-8(12)9(13)14/h1-2,4,11H,3H2,(H,13,14). The Labute approximate surface area is 88.3 Å². The number of benzene rings is 1. The van der Waals surface area contributed by atoms with Crippen LogP contribution in [0.15, 0.2) is 22.7 Å². The van der Waals surface area contributed by atoms with Crippen molar-refractivity contribution >= 4 is 27.7 Å². The molecule has 0 aliphatic heterocycles. The van der Waals surface area contributed by atoms with Crippen LogP contribution in [-0.2, 0) is 16.0 Å². The number of aromatic hydroxyl groups is 1. The minimum absolute atomic E-state index is 0.0587. The highest BCUT2D eigenvalue weighted by Gasteiger charge is 2.13. The van der Waals surface area contributed by atoms with Gasteiger partial charge >= 0.3 is 5.97 Å². The lowest BCUT2D eigenvalue weighted by Gasteiger charge is -2.01. The molecule has 1 aromatic rings. The van der Waals surface area contributed by atoms with Gasteiger partial charge in [-0.25, -0.2) is 4.79 Å². The summed E-state index contributed by atoms with van der Waals surface area (Å²) >= 11 is 3.12. The number of phenols is 1. The van der Waals surface area contributed by atoms with Crippen LogP contribution in [0.25, 0.3) is 0 Å². The molecule has 0 aliphatic carbocycles. The highest BCUT2D eigenvalue weighted by molar-refractivity contribution is 9.10. The topological polar surface area (TPSA) is 74.6 Å². The lowest BCUT2D eigenvalue weighted by Crippen LogP contribution is -2.15. The fraction of sp³-hybridized carbons (Fsp3) is 0.111. The van der Waals surface area contributed by atoms with Gasteiger partial charge in [-0.1, -0.05) is 22.0 Å². The molecular weight excluding hydrogens is 252 g/mol. The number of rotatable bonds is 3. The summed E-state index contributed by atoms with van der Waals surface area (Å²) < 4.78 is 0.520. The molecule has 0 spiro atoms. The number of phenolic OH excluding ortho intramolecular Hbond substituents is 1. The van der Waals surface area contributed by atoms with Gasteiger partial charge in [0.05, 0.1) is 0 Å². The summed E-state index contributed by atoms with van der Waals surface area (Å²) in [5, 5.41) is 17.4. The molecule has 14 heavy (non-hydrogen) atoms. The number of ketones is 1. The fourth-order valence-electron chi connectivity index (χ4n) is 0.928. The van der Waals surface area contributed by atoms with Gasteiger partial charge in [0.25, 0.3) is 0 Å². The van der Waals surface area contributed by atoms with Gasteiger partial charge in [0.1, 0.15) is 5.75 Å². The van der Waals surface area contributed by atoms with Crippen molar-refractivity contribution in [3.63, 3.8) is 0 Å². The third-order valence-electron chi connectivity index (χ3n) is 1.63. The van der Waals surface area contributed by atoms with Crippen molar-refractivity contribution in [3.05, 3.63) is 28.2 Å². The van der Waals surface area contributed by atoms with E-state index < -0.39 is 11.8 Å². The lowest BCUT2D eigenvalue weighted by atomic mass is 10.1. The van der Waals surface area contributed by atoms with Gasteiger partial charge in [-0.3, -0.25) is 4.79 Å². The smallest absolute Gasteiger partial charge is 0.372 e. The predicted octanol–water partition coefficient (Wildman–Crippen LogP) is 1.35. The number of carbonyl (C=O) groups is 2. The Bertz CT molecular complexity index is 386. The molecule has 74 valence electrons. The first-order valence-corrected chi connectivity index (χ1v) is 4.53. The maximum atomic E-state index is 10.9. The number of carbonyl (C=O) groups excluding carboxylic acids is 1. The van der Waals surface area contributed by atoms with E-state index in [0.717, 1.165) is 0 Å². The molecule has 0 atom stereocenters. The monoisotopic (exact) mass is 258 g/mol. The Morgan fingerprint density at radius 1 is 1.36 bits per heavy atom. The van der Waals surface area contributed by atoms with Gasteiger partial charge < -0.3 is 10.2 Å². The SMILES string of the molecule is O=C(O)C(=O)Cc1ccc(O)cc1Br. The number of hydrogen-bond acceptors (Lipinski definition) is 3. The number of carboxylic acid groups (broad SMARTS) is 1. The van der Waals surface area contributed by atoms with Crippen LogP contribution in [0.5, 0.6) is 5.75 Å². The third kappa shape index (κ3) is 2.56. The molecule has 0 fully saturated rings. The number of aliphatic carboxylic acids is 1. The molecule has 2 N–H and O–H groups in total. The van der Waals surface area contributed by atoms with Crippen LogP contribution in [0.1, 0.15) is 5.56 Å². The van der Waals surface area contributed by atoms with E-state index in [2.05, 4.69) is 15.9 Å². The van der Waals surface area contributed by atoms with Crippen molar-refractivity contribution in [3.8, 4) is 5.75 Å². The van der Waals surface area contributed by atoms with E-state index in [1.807, 2.05) is 0 Å². The Hall–Kier alpha value is -1.36. The molecule has 0 aromatic heterocycles. The summed E-state index contributed by atoms with van der Waals surface area (Å²) in [6, 6.07) is 4.31. The zero-order chi connectivity index (χ0) is 10.7. The minimum atomic E-state index is -1.45. The van der Waals surface area contributed by atoms with Crippen molar-refractivity contribution < 1.29 is 19.8 Å². The van der Waals surface area contributed by atoms with Crippen LogP contribution in [0.2, 0.25) is 0 Å². The average molecular weight is 259 g/mol. The van der Waals surface area contributed by atoms with Crippen LogP contribution >= 0.6 is 15.9 Å². The van der Waals surface area contributed by atoms with Crippen molar-refractivity contribution in [1.82, 2.24) is 0 Å². The molecule has 1 aromatic carbocycles. The first kappa shape index (κ1) is 10.7. The van der Waals surface area contributed by atoms with Crippen molar-refractivity contribution in [2.75, 3.05) is 0 Å².